The summed E-state index contributed by atoms with van der Waals surface area (Å²) >= 11 is 1.09. The summed E-state index contributed by atoms with van der Waals surface area (Å²) < 4.78 is 50.7. The van der Waals surface area contributed by atoms with Crippen LogP contribution in [0.3, 0.4) is 0 Å². The van der Waals surface area contributed by atoms with Gasteiger partial charge in [0.05, 0.1) is 30.9 Å². The van der Waals surface area contributed by atoms with Gasteiger partial charge >= 0.3 is 0 Å². The first-order valence-electron chi connectivity index (χ1n) is 12.9. The average molecular weight is 662 g/mol. The summed E-state index contributed by atoms with van der Waals surface area (Å²) in [7, 11) is 2.07. The highest BCUT2D eigenvalue weighted by molar-refractivity contribution is 8.00. The standard InChI is InChI=1S/C21H27F2N11O6P2S/c22-10-7(8(3-37-41)39-19(10)33-6-28-12-15(24)26-5-27-16(12)33)1-2-42-38-4-9-11(23)14(40-36)20(43-9)34-17-13(31-32-34)18(35)30-21(25)29-17/h5-11,14,19-20,36,42H,1-4,41H2,(H2,24,26,27)(H3,25,29,30,35)/t7-,8-,9-,10+,11-,14-,19-,20-/m1/s1. The van der Waals surface area contributed by atoms with Crippen LogP contribution in [0.1, 0.15) is 18.0 Å². The fourth-order valence-electron chi connectivity index (χ4n) is 5.26. The lowest BCUT2D eigenvalue weighted by atomic mass is 9.96. The molecule has 43 heavy (non-hydrogen) atoms. The summed E-state index contributed by atoms with van der Waals surface area (Å²) in [4.78, 5) is 35.2. The molecule has 4 aromatic heterocycles. The van der Waals surface area contributed by atoms with E-state index >= 15 is 8.78 Å². The first-order chi connectivity index (χ1) is 20.8. The molecule has 0 radical (unpaired) electrons. The number of nitrogens with one attached hydrogen (secondary N) is 1. The Labute approximate surface area is 248 Å². The van der Waals surface area contributed by atoms with Crippen molar-refractivity contribution >= 4 is 64.1 Å². The highest BCUT2D eigenvalue weighted by Crippen LogP contribution is 2.46. The molecule has 0 bridgehead atoms. The second-order valence-corrected chi connectivity index (χ2v) is 12.6. The van der Waals surface area contributed by atoms with Crippen LogP contribution in [0.15, 0.2) is 17.4 Å². The molecule has 2 saturated heterocycles. The maximum atomic E-state index is 15.8. The third-order valence-electron chi connectivity index (χ3n) is 7.30. The minimum absolute atomic E-state index is 0.0213. The van der Waals surface area contributed by atoms with Gasteiger partial charge in [-0.15, -0.1) is 16.9 Å². The van der Waals surface area contributed by atoms with Gasteiger partial charge in [0.2, 0.25) is 5.95 Å². The lowest BCUT2D eigenvalue weighted by molar-refractivity contribution is -0.292. The van der Waals surface area contributed by atoms with E-state index in [0.717, 1.165) is 11.8 Å². The largest absolute Gasteiger partial charge is 0.382 e. The molecule has 232 valence electrons. The van der Waals surface area contributed by atoms with Crippen LogP contribution >= 0.6 is 30.0 Å². The van der Waals surface area contributed by atoms with E-state index in [2.05, 4.69) is 49.6 Å². The number of nitrogens with zero attached hydrogens (tertiary/aromatic N) is 8. The van der Waals surface area contributed by atoms with Crippen molar-refractivity contribution in [3.05, 3.63) is 23.0 Å². The lowest BCUT2D eigenvalue weighted by Gasteiger charge is -2.18. The zero-order valence-corrected chi connectivity index (χ0v) is 25.0. The zero-order valence-electron chi connectivity index (χ0n) is 22.1. The molecule has 2 fully saturated rings. The highest BCUT2D eigenvalue weighted by atomic mass is 32.2. The molecule has 0 saturated carbocycles. The second kappa shape index (κ2) is 12.7. The maximum absolute atomic E-state index is 15.8. The summed E-state index contributed by atoms with van der Waals surface area (Å²) in [6, 6.07) is 0. The van der Waals surface area contributed by atoms with Crippen molar-refractivity contribution < 1.29 is 32.7 Å². The number of rotatable bonds is 11. The Balaban J connectivity index is 1.06. The molecule has 22 heteroatoms. The van der Waals surface area contributed by atoms with Crippen LogP contribution in [0.25, 0.3) is 22.3 Å². The lowest BCUT2D eigenvalue weighted by Crippen LogP contribution is -2.32. The Kier molecular flexibility index (Phi) is 8.98. The van der Waals surface area contributed by atoms with Gasteiger partial charge in [-0.05, 0) is 12.6 Å². The van der Waals surface area contributed by atoms with Crippen LogP contribution in [-0.4, -0.2) is 98.9 Å². The summed E-state index contributed by atoms with van der Waals surface area (Å²) in [5, 5.41) is 15.5. The highest BCUT2D eigenvalue weighted by Gasteiger charge is 2.49. The van der Waals surface area contributed by atoms with Crippen molar-refractivity contribution in [1.82, 2.24) is 44.5 Å². The van der Waals surface area contributed by atoms with E-state index < -0.39 is 52.9 Å². The van der Waals surface area contributed by atoms with E-state index in [4.69, 9.17) is 25.3 Å². The molecule has 2 aliphatic rings. The zero-order chi connectivity index (χ0) is 30.2. The topological polar surface area (TPSA) is 229 Å². The Morgan fingerprint density at radius 1 is 1.19 bits per heavy atom. The summed E-state index contributed by atoms with van der Waals surface area (Å²) in [6.07, 6.45) is -2.32. The number of aromatic nitrogens is 9. The molecule has 0 amide bonds. The Bertz CT molecular complexity index is 1650. The molecule has 0 aromatic carbocycles. The van der Waals surface area contributed by atoms with Gasteiger partial charge in [0.15, 0.2) is 41.1 Å². The predicted octanol–water partition coefficient (Wildman–Crippen LogP) is 0.988. The van der Waals surface area contributed by atoms with Gasteiger partial charge in [0.1, 0.15) is 23.4 Å². The molecule has 6 rings (SSSR count). The number of imidazole rings is 1. The fourth-order valence-corrected chi connectivity index (χ4v) is 7.88. The number of H-pyrrole nitrogens is 1. The Morgan fingerprint density at radius 2 is 2.02 bits per heavy atom. The van der Waals surface area contributed by atoms with Gasteiger partial charge in [-0.1, -0.05) is 5.21 Å². The molecule has 17 nitrogen and oxygen atoms in total. The van der Waals surface area contributed by atoms with E-state index in [-0.39, 0.29) is 45.0 Å². The Hall–Kier alpha value is -2.70. The quantitative estimate of drug-likeness (QED) is 0.0760. The van der Waals surface area contributed by atoms with Crippen molar-refractivity contribution in [2.75, 3.05) is 30.8 Å². The minimum Gasteiger partial charge on any atom is -0.382 e. The monoisotopic (exact) mass is 661 g/mol. The number of nitrogens with two attached hydrogens (primary N) is 2. The molecule has 0 aliphatic carbocycles. The van der Waals surface area contributed by atoms with Gasteiger partial charge in [0, 0.05) is 24.2 Å². The SMILES string of the molecule is Nc1nc2c(nnn2[C@@H]2S[C@H](COPCC[C@H]3[C@H](F)[C@H](n4cnc5c(N)ncnc54)O[C@@H]3COP)[C@@H](F)[C@H]2OO)c(=O)[nH]1. The van der Waals surface area contributed by atoms with Crippen molar-refractivity contribution in [3.8, 4) is 0 Å². The van der Waals surface area contributed by atoms with Crippen molar-refractivity contribution in [2.24, 2.45) is 5.92 Å². The van der Waals surface area contributed by atoms with Gasteiger partial charge in [-0.2, -0.15) is 4.98 Å². The molecule has 2 unspecified atom stereocenters. The number of nitrogen functional groups attached to an aromatic ring is 2. The number of ether oxygens (including phenoxy) is 1. The van der Waals surface area contributed by atoms with Crippen LogP contribution in [0.5, 0.6) is 0 Å². The van der Waals surface area contributed by atoms with Crippen molar-refractivity contribution in [3.63, 3.8) is 0 Å². The first-order valence-corrected chi connectivity index (χ1v) is 15.4. The molecular formula is C21H27F2N11O6P2S. The van der Waals surface area contributed by atoms with Gasteiger partial charge < -0.3 is 25.3 Å². The number of hydrogen-bond donors (Lipinski definition) is 4. The molecule has 6 heterocycles. The number of alkyl halides is 2. The summed E-state index contributed by atoms with van der Waals surface area (Å²) in [5.41, 5.74) is 11.6. The number of aromatic amines is 1. The van der Waals surface area contributed by atoms with Crippen molar-refractivity contribution in [2.45, 2.75) is 47.8 Å². The van der Waals surface area contributed by atoms with E-state index in [9.17, 15) is 10.1 Å². The van der Waals surface area contributed by atoms with Crippen LogP contribution in [0.2, 0.25) is 0 Å². The fraction of sp³-hybridized carbons (Fsp3) is 0.571. The molecule has 2 aliphatic heterocycles. The van der Waals surface area contributed by atoms with Crippen molar-refractivity contribution in [1.29, 1.82) is 0 Å². The van der Waals surface area contributed by atoms with Gasteiger partial charge in [-0.3, -0.25) is 19.6 Å². The average Bonchev–Trinajstić information content (AvgIpc) is 3.74. The van der Waals surface area contributed by atoms with Gasteiger partial charge in [0.25, 0.3) is 5.56 Å². The van der Waals surface area contributed by atoms with E-state index in [1.165, 1.54) is 21.9 Å². The van der Waals surface area contributed by atoms with E-state index in [0.29, 0.717) is 23.7 Å². The number of thioether (sulfide) groups is 1. The number of fused-ring (bicyclic) bond motifs is 2. The predicted molar refractivity (Wildman–Crippen MR) is 155 cm³/mol. The third-order valence-corrected chi connectivity index (χ3v) is 9.85. The van der Waals surface area contributed by atoms with E-state index in [1.54, 1.807) is 0 Å². The van der Waals surface area contributed by atoms with E-state index in [1.807, 2.05) is 0 Å². The normalized spacial score (nSPS) is 29.6. The molecule has 6 N–H and O–H groups in total. The smallest absolute Gasteiger partial charge is 0.282 e. The summed E-state index contributed by atoms with van der Waals surface area (Å²) in [6.45, 7) is 0.127. The van der Waals surface area contributed by atoms with Gasteiger partial charge in [-0.25, -0.2) is 33.3 Å². The van der Waals surface area contributed by atoms with Crippen LogP contribution in [0, 0.1) is 5.92 Å². The van der Waals surface area contributed by atoms with Crippen LogP contribution in [0.4, 0.5) is 20.5 Å². The maximum Gasteiger partial charge on any atom is 0.282 e. The van der Waals surface area contributed by atoms with Crippen LogP contribution < -0.4 is 17.0 Å². The molecule has 10 atom stereocenters. The first kappa shape index (κ1) is 30.3. The van der Waals surface area contributed by atoms with Crippen LogP contribution in [-0.2, 0) is 18.7 Å². The number of halogens is 2. The minimum atomic E-state index is -1.64. The molecular weight excluding hydrogens is 634 g/mol. The number of hydrogen-bond acceptors (Lipinski definition) is 15. The summed E-state index contributed by atoms with van der Waals surface area (Å²) in [5.74, 6) is -0.503. The third kappa shape index (κ3) is 5.66. The second-order valence-electron chi connectivity index (χ2n) is 9.82. The Morgan fingerprint density at radius 3 is 2.81 bits per heavy atom. The number of anilines is 2. The molecule has 0 spiro atoms. The molecule has 4 aromatic rings.